The Balaban J connectivity index is 1.45. The van der Waals surface area contributed by atoms with Crippen LogP contribution in [0.15, 0.2) is 78.2 Å². The van der Waals surface area contributed by atoms with Gasteiger partial charge in [0.15, 0.2) is 0 Å². The summed E-state index contributed by atoms with van der Waals surface area (Å²) < 4.78 is 31.0. The Kier molecular flexibility index (Phi) is 7.68. The highest BCUT2D eigenvalue weighted by Gasteiger charge is 2.30. The van der Waals surface area contributed by atoms with Crippen LogP contribution in [-0.2, 0) is 16.1 Å². The van der Waals surface area contributed by atoms with Crippen LogP contribution < -0.4 is 14.4 Å². The molecular weight excluding hydrogens is 500 g/mol. The van der Waals surface area contributed by atoms with Gasteiger partial charge >= 0.3 is 12.1 Å². The highest BCUT2D eigenvalue weighted by molar-refractivity contribution is 7.80. The molecule has 0 fully saturated rings. The number of carboxylic acid groups (broad SMARTS) is 1. The Morgan fingerprint density at radius 1 is 1.00 bits per heavy atom. The minimum absolute atomic E-state index is 0.255. The summed E-state index contributed by atoms with van der Waals surface area (Å²) in [7, 11) is 0. The molecule has 1 heterocycles. The van der Waals surface area contributed by atoms with Crippen molar-refractivity contribution in [3.63, 3.8) is 0 Å². The molecule has 4 rings (SSSR count). The molecule has 36 heavy (non-hydrogen) atoms. The number of aliphatic carboxylic acids is 1. The zero-order chi connectivity index (χ0) is 25.8. The van der Waals surface area contributed by atoms with E-state index in [1.165, 1.54) is 11.3 Å². The number of hydrogen-bond acceptors (Lipinski definition) is 6. The first-order valence-corrected chi connectivity index (χ1v) is 12.9. The number of thiophene rings is 1. The molecule has 0 aliphatic carbocycles. The van der Waals surface area contributed by atoms with Crippen LogP contribution in [0.25, 0.3) is 21.2 Å². The van der Waals surface area contributed by atoms with Crippen molar-refractivity contribution in [3.05, 3.63) is 78.2 Å². The molecule has 1 aromatic heterocycles. The van der Waals surface area contributed by atoms with E-state index >= 15 is 0 Å². The summed E-state index contributed by atoms with van der Waals surface area (Å²) in [4.78, 5) is 24.0. The lowest BCUT2D eigenvalue weighted by molar-refractivity contribution is -0.139. The average Bonchev–Trinajstić information content (AvgIpc) is 3.25. The number of carbonyl (C=O) groups excluding carboxylic acids is 1. The molecule has 2 atom stereocenters. The third-order valence-electron chi connectivity index (χ3n) is 5.54. The third-order valence-corrected chi connectivity index (χ3v) is 7.26. The molecule has 1 amide bonds. The molecule has 4 aromatic rings. The molecule has 2 unspecified atom stereocenters. The second-order valence-corrected chi connectivity index (χ2v) is 10.0. The molecule has 0 saturated heterocycles. The lowest BCUT2D eigenvalue weighted by atomic mass is 10.0. The number of benzene rings is 3. The molecule has 0 bridgehead atoms. The van der Waals surface area contributed by atoms with Crippen molar-refractivity contribution in [1.82, 2.24) is 0 Å². The third kappa shape index (κ3) is 5.56. The van der Waals surface area contributed by atoms with Gasteiger partial charge in [0.25, 0.3) is 0 Å². The van der Waals surface area contributed by atoms with Crippen molar-refractivity contribution in [2.24, 2.45) is 5.92 Å². The highest BCUT2D eigenvalue weighted by Crippen LogP contribution is 2.31. The van der Waals surface area contributed by atoms with Gasteiger partial charge in [0.2, 0.25) is 0 Å². The van der Waals surface area contributed by atoms with E-state index in [4.69, 9.17) is 4.74 Å². The number of anilines is 2. The smallest absolute Gasteiger partial charge is 0.417 e. The zero-order valence-electron chi connectivity index (χ0n) is 19.4. The molecule has 3 aromatic carbocycles. The number of amides is 1. The van der Waals surface area contributed by atoms with Crippen LogP contribution in [0.2, 0.25) is 0 Å². The van der Waals surface area contributed by atoms with Crippen molar-refractivity contribution in [2.45, 2.75) is 19.9 Å². The Hall–Kier alpha value is -3.73. The minimum atomic E-state index is -2.76. The maximum absolute atomic E-state index is 12.4. The number of carboxylic acids is 1. The van der Waals surface area contributed by atoms with Crippen molar-refractivity contribution in [3.8, 4) is 16.9 Å². The number of fused-ring (bicyclic) bond motifs is 1. The van der Waals surface area contributed by atoms with Crippen molar-refractivity contribution in [1.29, 1.82) is 0 Å². The topological polar surface area (TPSA) is 119 Å². The van der Waals surface area contributed by atoms with E-state index in [2.05, 4.69) is 5.32 Å². The molecule has 8 nitrogen and oxygen atoms in total. The van der Waals surface area contributed by atoms with E-state index in [1.54, 1.807) is 62.4 Å². The fraction of sp³-hybridized carbons (Fsp3) is 0.154. The van der Waals surface area contributed by atoms with E-state index in [0.717, 1.165) is 25.5 Å². The van der Waals surface area contributed by atoms with Crippen molar-refractivity contribution >= 4 is 56.1 Å². The van der Waals surface area contributed by atoms with Gasteiger partial charge in [-0.05, 0) is 47.4 Å². The van der Waals surface area contributed by atoms with Gasteiger partial charge in [-0.1, -0.05) is 56.3 Å². The molecule has 0 saturated carbocycles. The lowest BCUT2D eigenvalue weighted by Crippen LogP contribution is -2.45. The Morgan fingerprint density at radius 2 is 1.61 bits per heavy atom. The summed E-state index contributed by atoms with van der Waals surface area (Å²) in [6.45, 7) is 3.30. The van der Waals surface area contributed by atoms with Gasteiger partial charge in [-0.2, -0.15) is 0 Å². The molecule has 0 aliphatic heterocycles. The van der Waals surface area contributed by atoms with E-state index in [1.807, 2.05) is 29.6 Å². The number of nitrogens with zero attached hydrogens (tertiary/aromatic N) is 1. The summed E-state index contributed by atoms with van der Waals surface area (Å²) in [5, 5.41) is 15.1. The second-order valence-electron chi connectivity index (χ2n) is 8.30. The number of rotatable bonds is 8. The first kappa shape index (κ1) is 25.4. The first-order valence-electron chi connectivity index (χ1n) is 11.0. The first-order chi connectivity index (χ1) is 17.2. The van der Waals surface area contributed by atoms with Crippen LogP contribution >= 0.6 is 11.3 Å². The lowest BCUT2D eigenvalue weighted by Gasteiger charge is -2.34. The Morgan fingerprint density at radius 3 is 2.19 bits per heavy atom. The standard InChI is InChI=1S/C26H24N2O6S2/c1-16(2)24(25(29)30)28(36(32)33)19-11-7-17(8-12-19)18-9-13-20(14-10-18)34-26(31)27-22-15-35-23-6-4-3-5-21(22)23/h3-16,24H,1-2H3,(H,27,31)(H,29,30)(H,32,33)/p-1. The van der Waals surface area contributed by atoms with Crippen LogP contribution in [0.4, 0.5) is 16.2 Å². The monoisotopic (exact) mass is 523 g/mol. The summed E-state index contributed by atoms with van der Waals surface area (Å²) in [6, 6.07) is 19.9. The largest absolute Gasteiger partial charge is 0.755 e. The van der Waals surface area contributed by atoms with Crippen molar-refractivity contribution in [2.75, 3.05) is 9.62 Å². The summed E-state index contributed by atoms with van der Waals surface area (Å²) >= 11 is -1.22. The molecule has 186 valence electrons. The number of hydrogen-bond donors (Lipinski definition) is 2. The quantitative estimate of drug-likeness (QED) is 0.278. The van der Waals surface area contributed by atoms with E-state index in [0.29, 0.717) is 11.4 Å². The van der Waals surface area contributed by atoms with E-state index < -0.39 is 35.3 Å². The average molecular weight is 524 g/mol. The van der Waals surface area contributed by atoms with Crippen LogP contribution in [0.3, 0.4) is 0 Å². The van der Waals surface area contributed by atoms with Gasteiger partial charge in [-0.15, -0.1) is 11.3 Å². The number of ether oxygens (including phenoxy) is 1. The van der Waals surface area contributed by atoms with E-state index in [9.17, 15) is 23.5 Å². The second kappa shape index (κ2) is 10.9. The predicted molar refractivity (Wildman–Crippen MR) is 141 cm³/mol. The molecular formula is C26H23N2O6S2-. The Labute approximate surface area is 214 Å². The van der Waals surface area contributed by atoms with Crippen molar-refractivity contribution < 1.29 is 28.2 Å². The van der Waals surface area contributed by atoms with Gasteiger partial charge < -0.3 is 14.4 Å². The summed E-state index contributed by atoms with van der Waals surface area (Å²) in [6.07, 6.45) is -0.598. The van der Waals surface area contributed by atoms with Gasteiger partial charge in [-0.3, -0.25) is 13.8 Å². The molecule has 0 spiro atoms. The van der Waals surface area contributed by atoms with Gasteiger partial charge in [0.1, 0.15) is 11.8 Å². The fourth-order valence-electron chi connectivity index (χ4n) is 3.83. The Bertz CT molecular complexity index is 1400. The normalized spacial score (nSPS) is 12.8. The van der Waals surface area contributed by atoms with Crippen LogP contribution in [0.1, 0.15) is 13.8 Å². The van der Waals surface area contributed by atoms with Crippen LogP contribution in [-0.4, -0.2) is 32.0 Å². The van der Waals surface area contributed by atoms with Gasteiger partial charge in [0.05, 0.1) is 5.69 Å². The maximum Gasteiger partial charge on any atom is 0.417 e. The fourth-order valence-corrected chi connectivity index (χ4v) is 5.53. The van der Waals surface area contributed by atoms with Crippen LogP contribution in [0, 0.1) is 5.92 Å². The molecule has 0 aliphatic rings. The zero-order valence-corrected chi connectivity index (χ0v) is 21.0. The molecule has 2 N–H and O–H groups in total. The number of carbonyl (C=O) groups is 2. The predicted octanol–water partition coefficient (Wildman–Crippen LogP) is 5.89. The van der Waals surface area contributed by atoms with E-state index in [-0.39, 0.29) is 5.69 Å². The summed E-state index contributed by atoms with van der Waals surface area (Å²) in [5.74, 6) is -1.28. The minimum Gasteiger partial charge on any atom is -0.755 e. The summed E-state index contributed by atoms with van der Waals surface area (Å²) in [5.41, 5.74) is 2.54. The van der Waals surface area contributed by atoms with Gasteiger partial charge in [0, 0.05) is 32.4 Å². The highest BCUT2D eigenvalue weighted by atomic mass is 32.2. The molecule has 10 heteroatoms. The van der Waals surface area contributed by atoms with Crippen LogP contribution in [0.5, 0.6) is 5.75 Å². The SMILES string of the molecule is CC(C)C(C(=O)O)N(c1ccc(-c2ccc(OC(=O)Nc3csc4ccccc34)cc2)cc1)S(=O)[O-]. The van der Waals surface area contributed by atoms with Gasteiger partial charge in [-0.25, -0.2) is 9.59 Å². The maximum atomic E-state index is 12.4. The number of nitrogens with one attached hydrogen (secondary N) is 1. The molecule has 0 radical (unpaired) electrons.